The topological polar surface area (TPSA) is 75.6 Å². The Balaban J connectivity index is 2.06. The van der Waals surface area contributed by atoms with Gasteiger partial charge in [-0.3, -0.25) is 0 Å². The van der Waals surface area contributed by atoms with Gasteiger partial charge in [-0.2, -0.15) is 9.97 Å². The average Bonchev–Trinajstić information content (AvgIpc) is 2.51. The van der Waals surface area contributed by atoms with Crippen LogP contribution < -0.4 is 10.6 Å². The van der Waals surface area contributed by atoms with Gasteiger partial charge >= 0.3 is 0 Å². The maximum Gasteiger partial charge on any atom is 0.226 e. The van der Waals surface area contributed by atoms with Crippen LogP contribution in [-0.2, 0) is 0 Å². The highest BCUT2D eigenvalue weighted by molar-refractivity contribution is 6.31. The Labute approximate surface area is 133 Å². The molecule has 1 aromatic carbocycles. The summed E-state index contributed by atoms with van der Waals surface area (Å²) in [5.41, 5.74) is 3.01. The lowest BCUT2D eigenvalue weighted by atomic mass is 10.2. The van der Waals surface area contributed by atoms with Crippen molar-refractivity contribution in [3.8, 4) is 0 Å². The van der Waals surface area contributed by atoms with Crippen LogP contribution in [0.3, 0.4) is 0 Å². The fraction of sp³-hybridized carbons (Fsp3) is 0.200. The van der Waals surface area contributed by atoms with Gasteiger partial charge in [0.15, 0.2) is 17.0 Å². The lowest BCUT2D eigenvalue weighted by molar-refractivity contribution is 1.09. The first kappa shape index (κ1) is 14.5. The normalized spacial score (nSPS) is 10.7. The van der Waals surface area contributed by atoms with Crippen LogP contribution in [0, 0.1) is 6.92 Å². The highest BCUT2D eigenvalue weighted by Crippen LogP contribution is 2.25. The van der Waals surface area contributed by atoms with Crippen molar-refractivity contribution >= 4 is 40.2 Å². The average molecular weight is 315 g/mol. The predicted octanol–water partition coefficient (Wildman–Crippen LogP) is 3.56. The van der Waals surface area contributed by atoms with Gasteiger partial charge in [0.05, 0.1) is 0 Å². The van der Waals surface area contributed by atoms with E-state index in [1.165, 1.54) is 0 Å². The Bertz CT molecular complexity index is 820. The van der Waals surface area contributed by atoms with Gasteiger partial charge in [-0.05, 0) is 31.5 Å². The minimum Gasteiger partial charge on any atom is -0.354 e. The second kappa shape index (κ2) is 6.11. The predicted molar refractivity (Wildman–Crippen MR) is 88.8 cm³/mol. The number of nitrogens with zero attached hydrogens (tertiary/aromatic N) is 4. The number of nitrogens with one attached hydrogen (secondary N) is 2. The Morgan fingerprint density at radius 1 is 1.14 bits per heavy atom. The molecule has 7 heteroatoms. The minimum absolute atomic E-state index is 0.510. The van der Waals surface area contributed by atoms with Crippen molar-refractivity contribution in [1.29, 1.82) is 0 Å². The molecule has 3 aromatic rings. The zero-order chi connectivity index (χ0) is 15.5. The number of hydrogen-bond acceptors (Lipinski definition) is 6. The molecule has 2 aromatic heterocycles. The quantitative estimate of drug-likeness (QED) is 0.767. The van der Waals surface area contributed by atoms with Crippen LogP contribution in [0.2, 0.25) is 5.02 Å². The lowest BCUT2D eigenvalue weighted by Gasteiger charge is -2.10. The van der Waals surface area contributed by atoms with Crippen LogP contribution in [-0.4, -0.2) is 26.5 Å². The molecule has 0 radical (unpaired) electrons. The second-order valence-corrected chi connectivity index (χ2v) is 5.15. The molecule has 3 rings (SSSR count). The molecule has 0 saturated carbocycles. The molecule has 0 amide bonds. The van der Waals surface area contributed by atoms with E-state index < -0.39 is 0 Å². The number of hydrogen-bond donors (Lipinski definition) is 2. The van der Waals surface area contributed by atoms with E-state index in [-0.39, 0.29) is 0 Å². The zero-order valence-electron chi connectivity index (χ0n) is 12.3. The first-order chi connectivity index (χ1) is 10.7. The number of rotatable bonds is 4. The maximum atomic E-state index is 6.17. The van der Waals surface area contributed by atoms with Crippen molar-refractivity contribution in [2.75, 3.05) is 17.2 Å². The van der Waals surface area contributed by atoms with Crippen molar-refractivity contribution in [3.63, 3.8) is 0 Å². The molecule has 0 spiro atoms. The van der Waals surface area contributed by atoms with E-state index in [9.17, 15) is 0 Å². The molecule has 112 valence electrons. The Kier molecular flexibility index (Phi) is 4.02. The molecule has 0 aliphatic heterocycles. The van der Waals surface area contributed by atoms with Crippen molar-refractivity contribution in [3.05, 3.63) is 41.2 Å². The highest BCUT2D eigenvalue weighted by Gasteiger charge is 2.10. The third-order valence-electron chi connectivity index (χ3n) is 3.10. The maximum absolute atomic E-state index is 6.17. The van der Waals surface area contributed by atoms with Crippen molar-refractivity contribution in [2.24, 2.45) is 0 Å². The molecular weight excluding hydrogens is 300 g/mol. The van der Waals surface area contributed by atoms with E-state index in [0.717, 1.165) is 17.8 Å². The summed E-state index contributed by atoms with van der Waals surface area (Å²) in [5, 5.41) is 7.02. The molecule has 2 N–H and O–H groups in total. The molecule has 6 nitrogen and oxygen atoms in total. The van der Waals surface area contributed by atoms with E-state index in [2.05, 4.69) is 30.6 Å². The number of aryl methyl sites for hydroxylation is 1. The van der Waals surface area contributed by atoms with Crippen LogP contribution in [0.15, 0.2) is 30.6 Å². The Hall–Kier alpha value is -2.47. The number of benzene rings is 1. The summed E-state index contributed by atoms with van der Waals surface area (Å²) in [6, 6.07) is 5.75. The third kappa shape index (κ3) is 2.92. The molecule has 0 aliphatic carbocycles. The van der Waals surface area contributed by atoms with Crippen molar-refractivity contribution in [2.45, 2.75) is 13.8 Å². The zero-order valence-corrected chi connectivity index (χ0v) is 13.0. The summed E-state index contributed by atoms with van der Waals surface area (Å²) in [5.74, 6) is 1.10. The SMILES string of the molecule is CCNc1nc(Nc2ccc(C)c(Cl)c2)c2nccnc2n1. The Morgan fingerprint density at radius 2 is 1.95 bits per heavy atom. The van der Waals surface area contributed by atoms with Crippen molar-refractivity contribution < 1.29 is 0 Å². The smallest absolute Gasteiger partial charge is 0.226 e. The van der Waals surface area contributed by atoms with Crippen LogP contribution in [0.4, 0.5) is 17.5 Å². The van der Waals surface area contributed by atoms with Gasteiger partial charge in [0, 0.05) is 29.6 Å². The second-order valence-electron chi connectivity index (χ2n) is 4.74. The van der Waals surface area contributed by atoms with E-state index in [4.69, 9.17) is 11.6 Å². The summed E-state index contributed by atoms with van der Waals surface area (Å²) < 4.78 is 0. The van der Waals surface area contributed by atoms with Gasteiger partial charge in [-0.25, -0.2) is 9.97 Å². The summed E-state index contributed by atoms with van der Waals surface area (Å²) in [6.07, 6.45) is 3.23. The van der Waals surface area contributed by atoms with Gasteiger partial charge in [0.25, 0.3) is 0 Å². The monoisotopic (exact) mass is 314 g/mol. The molecule has 0 atom stereocenters. The van der Waals surface area contributed by atoms with Crippen LogP contribution in [0.25, 0.3) is 11.2 Å². The molecule has 22 heavy (non-hydrogen) atoms. The molecule has 0 saturated heterocycles. The van der Waals surface area contributed by atoms with E-state index in [0.29, 0.717) is 28.0 Å². The highest BCUT2D eigenvalue weighted by atomic mass is 35.5. The number of anilines is 3. The summed E-state index contributed by atoms with van der Waals surface area (Å²) in [4.78, 5) is 17.3. The number of fused-ring (bicyclic) bond motifs is 1. The minimum atomic E-state index is 0.510. The van der Waals surface area contributed by atoms with Gasteiger partial charge in [0.1, 0.15) is 0 Å². The standard InChI is InChI=1S/C15H15ClN6/c1-3-17-15-21-13-12(18-6-7-19-13)14(22-15)20-10-5-4-9(2)11(16)8-10/h4-8H,3H2,1-2H3,(H2,17,19,20,21,22). The van der Waals surface area contributed by atoms with Crippen molar-refractivity contribution in [1.82, 2.24) is 19.9 Å². The van der Waals surface area contributed by atoms with Gasteiger partial charge in [-0.1, -0.05) is 17.7 Å². The lowest BCUT2D eigenvalue weighted by Crippen LogP contribution is -2.06. The Morgan fingerprint density at radius 3 is 2.73 bits per heavy atom. The third-order valence-corrected chi connectivity index (χ3v) is 3.51. The molecule has 0 bridgehead atoms. The molecule has 0 unspecified atom stereocenters. The van der Waals surface area contributed by atoms with Crippen LogP contribution >= 0.6 is 11.6 Å². The van der Waals surface area contributed by atoms with Crippen LogP contribution in [0.1, 0.15) is 12.5 Å². The summed E-state index contributed by atoms with van der Waals surface area (Å²) >= 11 is 6.17. The van der Waals surface area contributed by atoms with Gasteiger partial charge in [0.2, 0.25) is 5.95 Å². The fourth-order valence-corrected chi connectivity index (χ4v) is 2.18. The molecule has 0 aliphatic rings. The summed E-state index contributed by atoms with van der Waals surface area (Å²) in [6.45, 7) is 4.67. The molecular formula is C15H15ClN6. The van der Waals surface area contributed by atoms with Gasteiger partial charge < -0.3 is 10.6 Å². The number of aromatic nitrogens is 4. The molecule has 2 heterocycles. The van der Waals surface area contributed by atoms with E-state index >= 15 is 0 Å². The molecule has 0 fully saturated rings. The van der Waals surface area contributed by atoms with Crippen LogP contribution in [0.5, 0.6) is 0 Å². The first-order valence-corrected chi connectivity index (χ1v) is 7.31. The van der Waals surface area contributed by atoms with Gasteiger partial charge in [-0.15, -0.1) is 0 Å². The van der Waals surface area contributed by atoms with E-state index in [1.807, 2.05) is 32.0 Å². The first-order valence-electron chi connectivity index (χ1n) is 6.93. The largest absolute Gasteiger partial charge is 0.354 e. The summed E-state index contributed by atoms with van der Waals surface area (Å²) in [7, 11) is 0. The number of halogens is 1. The van der Waals surface area contributed by atoms with E-state index in [1.54, 1.807) is 12.4 Å². The fourth-order valence-electron chi connectivity index (χ4n) is 2.00.